The lowest BCUT2D eigenvalue weighted by Gasteiger charge is -2.38. The fourth-order valence-corrected chi connectivity index (χ4v) is 5.99. The summed E-state index contributed by atoms with van der Waals surface area (Å²) in [6.07, 6.45) is 6.77. The van der Waals surface area contributed by atoms with Gasteiger partial charge in [-0.25, -0.2) is 9.67 Å². The number of benzene rings is 1. The van der Waals surface area contributed by atoms with E-state index in [1.165, 1.54) is 6.20 Å². The molecule has 0 bridgehead atoms. The second kappa shape index (κ2) is 11.0. The molecule has 1 fully saturated rings. The molecule has 3 aromatic heterocycles. The van der Waals surface area contributed by atoms with Crippen LogP contribution in [0.1, 0.15) is 31.4 Å². The molecule has 0 radical (unpaired) electrons. The first-order valence-corrected chi connectivity index (χ1v) is 17.4. The number of rotatable bonds is 7. The third-order valence-corrected chi connectivity index (χ3v) is 9.17. The normalized spacial score (nSPS) is 18.0. The van der Waals surface area contributed by atoms with Crippen molar-refractivity contribution in [3.63, 3.8) is 0 Å². The summed E-state index contributed by atoms with van der Waals surface area (Å²) in [6, 6.07) is 6.87. The van der Waals surface area contributed by atoms with Gasteiger partial charge in [0, 0.05) is 39.9 Å². The number of likely N-dealkylation sites (tertiary alicyclic amines) is 1. The average molecular weight is 563 g/mol. The highest BCUT2D eigenvalue weighted by Gasteiger charge is 2.35. The Bertz CT molecular complexity index is 1560. The second-order valence-electron chi connectivity index (χ2n) is 12.0. The number of amides is 2. The number of hydrogen-bond donors (Lipinski definition) is 2. The summed E-state index contributed by atoms with van der Waals surface area (Å²) in [5, 5.41) is 13.4. The molecule has 1 aliphatic heterocycles. The van der Waals surface area contributed by atoms with E-state index < -0.39 is 19.9 Å². The van der Waals surface area contributed by atoms with Gasteiger partial charge >= 0.3 is 11.8 Å². The van der Waals surface area contributed by atoms with Gasteiger partial charge in [-0.2, -0.15) is 10.2 Å². The molecular formula is C28H38N8O3Si. The van der Waals surface area contributed by atoms with Crippen molar-refractivity contribution in [1.29, 1.82) is 0 Å². The van der Waals surface area contributed by atoms with Crippen molar-refractivity contribution < 1.29 is 14.3 Å². The van der Waals surface area contributed by atoms with Gasteiger partial charge in [-0.3, -0.25) is 14.3 Å². The van der Waals surface area contributed by atoms with E-state index >= 15 is 0 Å². The molecule has 1 aromatic carbocycles. The maximum atomic E-state index is 13.6. The molecule has 3 N–H and O–H groups in total. The van der Waals surface area contributed by atoms with E-state index in [1.807, 2.05) is 31.4 Å². The molecule has 212 valence electrons. The molecule has 5 rings (SSSR count). The molecule has 0 unspecified atom stereocenters. The summed E-state index contributed by atoms with van der Waals surface area (Å²) in [4.78, 5) is 33.0. The zero-order valence-electron chi connectivity index (χ0n) is 23.8. The first kappa shape index (κ1) is 27.8. The van der Waals surface area contributed by atoms with Crippen molar-refractivity contribution in [2.75, 3.05) is 24.2 Å². The summed E-state index contributed by atoms with van der Waals surface area (Å²) < 4.78 is 9.31. The summed E-state index contributed by atoms with van der Waals surface area (Å²) in [7, 11) is 0.645. The van der Waals surface area contributed by atoms with Gasteiger partial charge in [0.1, 0.15) is 12.5 Å². The minimum Gasteiger partial charge on any atom is -0.383 e. The van der Waals surface area contributed by atoms with Crippen LogP contribution in [0.5, 0.6) is 0 Å². The Balaban J connectivity index is 1.37. The van der Waals surface area contributed by atoms with Gasteiger partial charge in [-0.1, -0.05) is 38.7 Å². The van der Waals surface area contributed by atoms with Crippen LogP contribution in [0.4, 0.5) is 11.5 Å². The van der Waals surface area contributed by atoms with Crippen LogP contribution < -0.4 is 11.1 Å². The largest absolute Gasteiger partial charge is 0.383 e. The first-order valence-electron chi connectivity index (χ1n) is 13.7. The Morgan fingerprint density at radius 1 is 1.20 bits per heavy atom. The zero-order valence-corrected chi connectivity index (χ0v) is 24.8. The van der Waals surface area contributed by atoms with Gasteiger partial charge in [-0.15, -0.1) is 0 Å². The molecule has 1 aliphatic rings. The van der Waals surface area contributed by atoms with Crippen LogP contribution in [0.25, 0.3) is 21.8 Å². The minimum absolute atomic E-state index is 0.204. The SMILES string of the molecule is C[C@H]1CC[C@H](c2ccc3cn(C)nc3c2)N(C(=O)C(=O)Nc2cnc(N)c3cnn(COCC[Si](C)(C)C)c23)C1. The number of nitrogen functional groups attached to an aromatic ring is 1. The lowest BCUT2D eigenvalue weighted by atomic mass is 9.89. The number of piperidine rings is 1. The van der Waals surface area contributed by atoms with Gasteiger partial charge in [0.15, 0.2) is 0 Å². The number of carbonyl (C=O) groups excluding carboxylic acids is 2. The van der Waals surface area contributed by atoms with Crippen molar-refractivity contribution in [2.45, 2.75) is 58.2 Å². The van der Waals surface area contributed by atoms with Crippen molar-refractivity contribution >= 4 is 53.2 Å². The Labute approximate surface area is 234 Å². The maximum absolute atomic E-state index is 13.6. The molecule has 2 atom stereocenters. The molecule has 1 saturated heterocycles. The number of aromatic nitrogens is 5. The fourth-order valence-electron chi connectivity index (χ4n) is 5.23. The molecule has 40 heavy (non-hydrogen) atoms. The minimum atomic E-state index is -1.24. The van der Waals surface area contributed by atoms with E-state index in [-0.39, 0.29) is 18.7 Å². The van der Waals surface area contributed by atoms with E-state index in [1.54, 1.807) is 20.5 Å². The standard InChI is InChI=1S/C28H38N8O3Si/c1-18-6-9-24(19-7-8-20-16-34(2)33-22(20)12-19)35(15-18)28(38)27(37)32-23-14-30-26(29)21-13-31-36(25(21)23)17-39-10-11-40(3,4)5/h7-8,12-14,16,18,24H,6,9-11,15,17H2,1-5H3,(H2,29,30)(H,32,37)/t18-,24+/m0/s1. The third-order valence-electron chi connectivity index (χ3n) is 7.46. The third kappa shape index (κ3) is 5.87. The number of anilines is 2. The molecule has 4 aromatic rings. The fraction of sp³-hybridized carbons (Fsp3) is 0.464. The summed E-state index contributed by atoms with van der Waals surface area (Å²) in [5.41, 5.74) is 8.89. The molecule has 11 nitrogen and oxygen atoms in total. The van der Waals surface area contributed by atoms with Gasteiger partial charge in [0.05, 0.1) is 40.5 Å². The molecule has 2 amide bonds. The van der Waals surface area contributed by atoms with Crippen LogP contribution in [-0.2, 0) is 28.1 Å². The van der Waals surface area contributed by atoms with Gasteiger partial charge in [0.25, 0.3) is 0 Å². The first-order chi connectivity index (χ1) is 19.0. The highest BCUT2D eigenvalue weighted by Crippen LogP contribution is 2.35. The molecule has 12 heteroatoms. The number of nitrogens with zero attached hydrogens (tertiary/aromatic N) is 6. The van der Waals surface area contributed by atoms with Crippen LogP contribution in [-0.4, -0.2) is 62.5 Å². The number of nitrogens with one attached hydrogen (secondary N) is 1. The predicted molar refractivity (Wildman–Crippen MR) is 158 cm³/mol. The number of pyridine rings is 1. The van der Waals surface area contributed by atoms with Gasteiger partial charge in [0.2, 0.25) is 0 Å². The smallest absolute Gasteiger partial charge is 0.314 e. The number of hydrogen-bond acceptors (Lipinski definition) is 7. The van der Waals surface area contributed by atoms with Crippen LogP contribution in [0.3, 0.4) is 0 Å². The summed E-state index contributed by atoms with van der Waals surface area (Å²) >= 11 is 0. The van der Waals surface area contributed by atoms with Crippen molar-refractivity contribution in [3.05, 3.63) is 42.4 Å². The van der Waals surface area contributed by atoms with E-state index in [4.69, 9.17) is 10.5 Å². The van der Waals surface area contributed by atoms with Crippen molar-refractivity contribution in [2.24, 2.45) is 13.0 Å². The number of nitrogens with two attached hydrogens (primary N) is 1. The quantitative estimate of drug-likeness (QED) is 0.196. The van der Waals surface area contributed by atoms with Crippen molar-refractivity contribution in [3.8, 4) is 0 Å². The number of carbonyl (C=O) groups is 2. The Kier molecular flexibility index (Phi) is 7.65. The molecule has 4 heterocycles. The van der Waals surface area contributed by atoms with Gasteiger partial charge < -0.3 is 20.7 Å². The number of fused-ring (bicyclic) bond motifs is 2. The molecule has 0 aliphatic carbocycles. The zero-order chi connectivity index (χ0) is 28.6. The van der Waals surface area contributed by atoms with Crippen LogP contribution >= 0.6 is 0 Å². The van der Waals surface area contributed by atoms with E-state index in [0.717, 1.165) is 35.4 Å². The topological polar surface area (TPSA) is 133 Å². The second-order valence-corrected chi connectivity index (χ2v) is 17.7. The van der Waals surface area contributed by atoms with Gasteiger partial charge in [-0.05, 0) is 36.4 Å². The number of aryl methyl sites for hydroxylation is 1. The van der Waals surface area contributed by atoms with Crippen LogP contribution in [0.2, 0.25) is 25.7 Å². The van der Waals surface area contributed by atoms with Crippen molar-refractivity contribution in [1.82, 2.24) is 29.4 Å². The molecule has 0 saturated carbocycles. The van der Waals surface area contributed by atoms with Crippen LogP contribution in [0, 0.1) is 5.92 Å². The Hall–Kier alpha value is -3.77. The Morgan fingerprint density at radius 3 is 2.77 bits per heavy atom. The molecular weight excluding hydrogens is 524 g/mol. The Morgan fingerprint density at radius 2 is 2.00 bits per heavy atom. The predicted octanol–water partition coefficient (Wildman–Crippen LogP) is 4.15. The highest BCUT2D eigenvalue weighted by atomic mass is 28.3. The monoisotopic (exact) mass is 562 g/mol. The van der Waals surface area contributed by atoms with E-state index in [0.29, 0.717) is 35.6 Å². The van der Waals surface area contributed by atoms with Crippen LogP contribution in [0.15, 0.2) is 36.8 Å². The average Bonchev–Trinajstić information content (AvgIpc) is 3.50. The van der Waals surface area contributed by atoms with E-state index in [2.05, 4.69) is 47.1 Å². The maximum Gasteiger partial charge on any atom is 0.314 e. The highest BCUT2D eigenvalue weighted by molar-refractivity contribution is 6.76. The lowest BCUT2D eigenvalue weighted by molar-refractivity contribution is -0.146. The summed E-state index contributed by atoms with van der Waals surface area (Å²) in [6.45, 7) is 10.3. The lowest BCUT2D eigenvalue weighted by Crippen LogP contribution is -2.46. The summed E-state index contributed by atoms with van der Waals surface area (Å²) in [5.74, 6) is -0.730. The van der Waals surface area contributed by atoms with E-state index in [9.17, 15) is 9.59 Å². The molecule has 0 spiro atoms. The number of ether oxygens (including phenoxy) is 1.